The van der Waals surface area contributed by atoms with Gasteiger partial charge < -0.3 is 0 Å². The van der Waals surface area contributed by atoms with Crippen LogP contribution in [0.4, 0.5) is 0 Å². The molecule has 0 spiro atoms. The summed E-state index contributed by atoms with van der Waals surface area (Å²) in [6, 6.07) is 5.66. The van der Waals surface area contributed by atoms with Gasteiger partial charge in [0.2, 0.25) is 5.91 Å². The fourth-order valence-corrected chi connectivity index (χ4v) is 1.99. The Kier molecular flexibility index (Phi) is 9.34. The van der Waals surface area contributed by atoms with E-state index in [1.165, 1.54) is 0 Å². The molecule has 0 fully saturated rings. The molecule has 116 valence electrons. The molecule has 1 amide bonds. The molecule has 0 aliphatic heterocycles. The van der Waals surface area contributed by atoms with Crippen molar-refractivity contribution >= 4 is 28.4 Å². The molecule has 5 heteroatoms. The van der Waals surface area contributed by atoms with Gasteiger partial charge in [-0.15, -0.1) is 0 Å². The van der Waals surface area contributed by atoms with E-state index in [1.54, 1.807) is 6.20 Å². The number of aryl methyl sites for hydroxylation is 1. The minimum atomic E-state index is -0.223. The van der Waals surface area contributed by atoms with Gasteiger partial charge in [0.15, 0.2) is 0 Å². The highest BCUT2D eigenvalue weighted by atomic mass is 35.5. The second-order valence-corrected chi connectivity index (χ2v) is 4.32. The number of carbonyl (C=O) groups excluding carboxylic acids is 1. The van der Waals surface area contributed by atoms with E-state index >= 15 is 0 Å². The lowest BCUT2D eigenvalue weighted by Crippen LogP contribution is -2.31. The Morgan fingerprint density at radius 2 is 1.86 bits per heavy atom. The van der Waals surface area contributed by atoms with Gasteiger partial charge in [-0.3, -0.25) is 15.2 Å². The number of carbonyl (C=O) groups is 1. The van der Waals surface area contributed by atoms with Crippen LogP contribution in [0.3, 0.4) is 0 Å². The largest absolute Gasteiger partial charge is 0.294 e. The fraction of sp³-hybridized carbons (Fsp3) is 0.375. The van der Waals surface area contributed by atoms with Crippen molar-refractivity contribution in [3.05, 3.63) is 40.5 Å². The SMILES string of the molecule is CC.CC.Cc1cc(CC(=O)NN)cc2cc(Cl)cnc12. The lowest BCUT2D eigenvalue weighted by molar-refractivity contribution is -0.120. The van der Waals surface area contributed by atoms with Crippen LogP contribution in [-0.4, -0.2) is 10.9 Å². The zero-order valence-corrected chi connectivity index (χ0v) is 14.1. The van der Waals surface area contributed by atoms with Crippen molar-refractivity contribution in [2.45, 2.75) is 41.0 Å². The van der Waals surface area contributed by atoms with Crippen LogP contribution >= 0.6 is 11.6 Å². The average molecular weight is 310 g/mol. The number of hydrazine groups is 1. The molecule has 4 nitrogen and oxygen atoms in total. The molecule has 1 heterocycles. The van der Waals surface area contributed by atoms with Crippen molar-refractivity contribution < 1.29 is 4.79 Å². The number of fused-ring (bicyclic) bond motifs is 1. The molecule has 21 heavy (non-hydrogen) atoms. The summed E-state index contributed by atoms with van der Waals surface area (Å²) >= 11 is 5.89. The summed E-state index contributed by atoms with van der Waals surface area (Å²) < 4.78 is 0. The van der Waals surface area contributed by atoms with Crippen LogP contribution in [0, 0.1) is 6.92 Å². The van der Waals surface area contributed by atoms with E-state index in [9.17, 15) is 4.79 Å². The van der Waals surface area contributed by atoms with Gasteiger partial charge in [-0.2, -0.15) is 0 Å². The smallest absolute Gasteiger partial charge is 0.238 e. The number of halogens is 1. The molecule has 0 radical (unpaired) electrons. The van der Waals surface area contributed by atoms with Crippen LogP contribution in [0.25, 0.3) is 10.9 Å². The normalized spacial score (nSPS) is 9.10. The lowest BCUT2D eigenvalue weighted by atomic mass is 10.0. The summed E-state index contributed by atoms with van der Waals surface area (Å²) in [5.74, 6) is 4.84. The van der Waals surface area contributed by atoms with Crippen LogP contribution in [0.15, 0.2) is 24.4 Å². The maximum atomic E-state index is 11.2. The first kappa shape index (κ1) is 19.4. The molecule has 2 aromatic rings. The topological polar surface area (TPSA) is 68.0 Å². The molecule has 1 aromatic carbocycles. The Labute approximate surface area is 131 Å². The summed E-state index contributed by atoms with van der Waals surface area (Å²) in [5, 5.41) is 1.51. The van der Waals surface area contributed by atoms with E-state index in [4.69, 9.17) is 17.4 Å². The van der Waals surface area contributed by atoms with E-state index < -0.39 is 0 Å². The number of nitrogens with two attached hydrogens (primary N) is 1. The van der Waals surface area contributed by atoms with E-state index in [-0.39, 0.29) is 12.3 Å². The van der Waals surface area contributed by atoms with E-state index in [1.807, 2.05) is 52.8 Å². The van der Waals surface area contributed by atoms with Crippen LogP contribution in [0.2, 0.25) is 5.02 Å². The monoisotopic (exact) mass is 309 g/mol. The standard InChI is InChI=1S/C12H12ClN3O.2C2H6/c1-7-2-8(4-11(17)16-14)3-9-5-10(13)6-15-12(7)9;2*1-2/h2-3,5-6H,4,14H2,1H3,(H,16,17);2*1-2H3. The quantitative estimate of drug-likeness (QED) is 0.504. The molecule has 0 saturated heterocycles. The number of benzene rings is 1. The van der Waals surface area contributed by atoms with E-state index in [2.05, 4.69) is 10.4 Å². The first-order valence-corrected chi connectivity index (χ1v) is 7.52. The number of nitrogens with zero attached hydrogens (tertiary/aromatic N) is 1. The van der Waals surface area contributed by atoms with Gasteiger partial charge in [0.05, 0.1) is 17.0 Å². The van der Waals surface area contributed by atoms with Gasteiger partial charge in [0.25, 0.3) is 0 Å². The molecule has 0 atom stereocenters. The van der Waals surface area contributed by atoms with Gasteiger partial charge in [0, 0.05) is 11.6 Å². The zero-order valence-electron chi connectivity index (χ0n) is 13.3. The number of pyridine rings is 1. The van der Waals surface area contributed by atoms with Crippen molar-refractivity contribution in [1.82, 2.24) is 10.4 Å². The Bertz CT molecular complexity index is 585. The Balaban J connectivity index is 0.000000921. The third-order valence-electron chi connectivity index (χ3n) is 2.53. The highest BCUT2D eigenvalue weighted by molar-refractivity contribution is 6.31. The van der Waals surface area contributed by atoms with E-state index in [0.29, 0.717) is 5.02 Å². The summed E-state index contributed by atoms with van der Waals surface area (Å²) in [7, 11) is 0. The first-order chi connectivity index (χ1) is 10.1. The summed E-state index contributed by atoms with van der Waals surface area (Å²) in [6.07, 6.45) is 1.86. The minimum Gasteiger partial charge on any atom is -0.294 e. The Morgan fingerprint density at radius 3 is 2.43 bits per heavy atom. The number of hydrogen-bond acceptors (Lipinski definition) is 3. The van der Waals surface area contributed by atoms with Crippen LogP contribution < -0.4 is 11.3 Å². The third-order valence-corrected chi connectivity index (χ3v) is 2.73. The molecule has 0 aliphatic rings. The molecule has 1 aromatic heterocycles. The Hall–Kier alpha value is -1.65. The number of aromatic nitrogens is 1. The zero-order chi connectivity index (χ0) is 16.4. The number of amides is 1. The second kappa shape index (κ2) is 10.1. The molecule has 0 bridgehead atoms. The molecule has 2 rings (SSSR count). The van der Waals surface area contributed by atoms with Gasteiger partial charge >= 0.3 is 0 Å². The average Bonchev–Trinajstić information content (AvgIpc) is 2.50. The van der Waals surface area contributed by atoms with Gasteiger partial charge in [-0.05, 0) is 30.2 Å². The summed E-state index contributed by atoms with van der Waals surface area (Å²) in [6.45, 7) is 9.95. The molecule has 3 N–H and O–H groups in total. The van der Waals surface area contributed by atoms with Crippen LogP contribution in [-0.2, 0) is 11.2 Å². The van der Waals surface area contributed by atoms with Gasteiger partial charge in [0.1, 0.15) is 0 Å². The molecule has 0 unspecified atom stereocenters. The first-order valence-electron chi connectivity index (χ1n) is 7.14. The number of rotatable bonds is 2. The van der Waals surface area contributed by atoms with Crippen LogP contribution in [0.1, 0.15) is 38.8 Å². The lowest BCUT2D eigenvalue weighted by Gasteiger charge is -2.06. The van der Waals surface area contributed by atoms with Gasteiger partial charge in [-0.25, -0.2) is 5.84 Å². The predicted octanol–water partition coefficient (Wildman–Crippen LogP) is 3.78. The molecule has 0 aliphatic carbocycles. The van der Waals surface area contributed by atoms with Crippen molar-refractivity contribution in [3.63, 3.8) is 0 Å². The maximum Gasteiger partial charge on any atom is 0.238 e. The second-order valence-electron chi connectivity index (χ2n) is 3.88. The fourth-order valence-electron chi connectivity index (χ4n) is 1.82. The van der Waals surface area contributed by atoms with Crippen molar-refractivity contribution in [1.29, 1.82) is 0 Å². The summed E-state index contributed by atoms with van der Waals surface area (Å²) in [5.41, 5.74) is 4.91. The molecular formula is C16H24ClN3O. The number of nitrogens with one attached hydrogen (secondary N) is 1. The minimum absolute atomic E-state index is 0.223. The molecular weight excluding hydrogens is 286 g/mol. The predicted molar refractivity (Wildman–Crippen MR) is 90.2 cm³/mol. The maximum absolute atomic E-state index is 11.2. The Morgan fingerprint density at radius 1 is 1.24 bits per heavy atom. The molecule has 0 saturated carbocycles. The van der Waals surface area contributed by atoms with Crippen LogP contribution in [0.5, 0.6) is 0 Å². The van der Waals surface area contributed by atoms with E-state index in [0.717, 1.165) is 22.0 Å². The highest BCUT2D eigenvalue weighted by Gasteiger charge is 2.06. The highest BCUT2D eigenvalue weighted by Crippen LogP contribution is 2.22. The van der Waals surface area contributed by atoms with Gasteiger partial charge in [-0.1, -0.05) is 45.4 Å². The summed E-state index contributed by atoms with van der Waals surface area (Å²) in [4.78, 5) is 15.5. The third kappa shape index (κ3) is 5.69. The van der Waals surface area contributed by atoms with Crippen molar-refractivity contribution in [2.24, 2.45) is 5.84 Å². The van der Waals surface area contributed by atoms with Crippen molar-refractivity contribution in [2.75, 3.05) is 0 Å². The van der Waals surface area contributed by atoms with Crippen molar-refractivity contribution in [3.8, 4) is 0 Å². The number of hydrogen-bond donors (Lipinski definition) is 2.